The number of benzene rings is 2. The van der Waals surface area contributed by atoms with Crippen molar-refractivity contribution in [2.75, 3.05) is 16.3 Å². The fourth-order valence-electron chi connectivity index (χ4n) is 5.37. The molecule has 2 heterocycles. The Bertz CT molecular complexity index is 1160. The van der Waals surface area contributed by atoms with Crippen LogP contribution in [0.1, 0.15) is 38.2 Å². The van der Waals surface area contributed by atoms with Crippen LogP contribution in [0.15, 0.2) is 48.5 Å². The van der Waals surface area contributed by atoms with Crippen LogP contribution in [-0.4, -0.2) is 30.2 Å². The van der Waals surface area contributed by atoms with Gasteiger partial charge in [-0.05, 0) is 56.4 Å². The third-order valence-electron chi connectivity index (χ3n) is 7.29. The van der Waals surface area contributed by atoms with Crippen LogP contribution in [0.2, 0.25) is 0 Å². The zero-order chi connectivity index (χ0) is 24.0. The van der Waals surface area contributed by atoms with Gasteiger partial charge < -0.3 is 9.64 Å². The summed E-state index contributed by atoms with van der Waals surface area (Å²) in [6, 6.07) is 14.1. The van der Waals surface area contributed by atoms with Crippen molar-refractivity contribution in [1.82, 2.24) is 0 Å². The van der Waals surface area contributed by atoms with Crippen molar-refractivity contribution < 1.29 is 23.9 Å². The first-order valence-corrected chi connectivity index (χ1v) is 11.9. The lowest BCUT2D eigenvalue weighted by atomic mass is 9.76. The van der Waals surface area contributed by atoms with Crippen LogP contribution in [0.25, 0.3) is 0 Å². The molecule has 5 rings (SSSR count). The molecule has 2 saturated heterocycles. The summed E-state index contributed by atoms with van der Waals surface area (Å²) in [7, 11) is 0. The molecule has 4 atom stereocenters. The summed E-state index contributed by atoms with van der Waals surface area (Å²) in [5.41, 5.74) is 2.27. The number of fused-ring (bicyclic) bond motifs is 1. The molecule has 2 aromatic carbocycles. The van der Waals surface area contributed by atoms with Gasteiger partial charge >= 0.3 is 5.97 Å². The molecule has 3 aliphatic rings. The number of imide groups is 1. The van der Waals surface area contributed by atoms with E-state index in [1.54, 1.807) is 29.2 Å². The van der Waals surface area contributed by atoms with Crippen LogP contribution in [-0.2, 0) is 19.2 Å². The second-order valence-electron chi connectivity index (χ2n) is 9.80. The van der Waals surface area contributed by atoms with E-state index in [4.69, 9.17) is 4.74 Å². The number of aryl methyl sites for hydroxylation is 1. The largest absolute Gasteiger partial charge is 0.426 e. The van der Waals surface area contributed by atoms with Crippen molar-refractivity contribution in [2.45, 2.75) is 39.5 Å². The van der Waals surface area contributed by atoms with Gasteiger partial charge in [0.25, 0.3) is 0 Å². The molecule has 1 aliphatic carbocycles. The highest BCUT2D eigenvalue weighted by molar-refractivity contribution is 6.22. The minimum Gasteiger partial charge on any atom is -0.426 e. The number of carbonyl (C=O) groups excluding carboxylic acids is 4. The van der Waals surface area contributed by atoms with E-state index in [2.05, 4.69) is 6.92 Å². The van der Waals surface area contributed by atoms with E-state index in [0.717, 1.165) is 30.5 Å². The number of nitrogens with zero attached hydrogens (tertiary/aromatic N) is 2. The molecule has 34 heavy (non-hydrogen) atoms. The van der Waals surface area contributed by atoms with E-state index >= 15 is 0 Å². The molecule has 7 heteroatoms. The first kappa shape index (κ1) is 22.3. The normalized spacial score (nSPS) is 26.7. The highest BCUT2D eigenvalue weighted by Gasteiger charge is 2.50. The summed E-state index contributed by atoms with van der Waals surface area (Å²) >= 11 is 0. The Balaban J connectivity index is 1.28. The Morgan fingerprint density at radius 3 is 2.44 bits per heavy atom. The fraction of sp³-hybridized carbons (Fsp3) is 0.407. The summed E-state index contributed by atoms with van der Waals surface area (Å²) < 4.78 is 5.59. The highest BCUT2D eigenvalue weighted by Crippen LogP contribution is 2.42. The third kappa shape index (κ3) is 4.00. The summed E-state index contributed by atoms with van der Waals surface area (Å²) in [5, 5.41) is 0. The van der Waals surface area contributed by atoms with Crippen molar-refractivity contribution in [3.8, 4) is 5.75 Å². The maximum absolute atomic E-state index is 13.0. The minimum atomic E-state index is -0.586. The van der Waals surface area contributed by atoms with Gasteiger partial charge in [-0.15, -0.1) is 0 Å². The standard InChI is InChI=1S/C27H28N2O5/c1-16-6-9-19(10-7-16)28-15-18(13-24(28)30)27(33)34-21-5-3-4-20(14-21)29-25(31)22-11-8-17(2)12-23(22)26(29)32/h3-7,9-10,14,17-18,22-23H,8,11-13,15H2,1-2H3/t17-,18+,22+,23-/m0/s1. The lowest BCUT2D eigenvalue weighted by Crippen LogP contribution is -2.31. The molecule has 0 aromatic heterocycles. The maximum atomic E-state index is 13.0. The van der Waals surface area contributed by atoms with Gasteiger partial charge in [0.2, 0.25) is 17.7 Å². The van der Waals surface area contributed by atoms with E-state index in [-0.39, 0.29) is 48.3 Å². The number of esters is 1. The average molecular weight is 461 g/mol. The van der Waals surface area contributed by atoms with Gasteiger partial charge in [-0.1, -0.05) is 30.7 Å². The topological polar surface area (TPSA) is 84.0 Å². The highest BCUT2D eigenvalue weighted by atomic mass is 16.5. The number of anilines is 2. The number of amides is 3. The van der Waals surface area contributed by atoms with Crippen molar-refractivity contribution >= 4 is 35.1 Å². The smallest absolute Gasteiger partial charge is 0.316 e. The molecule has 2 aromatic rings. The molecule has 2 aliphatic heterocycles. The van der Waals surface area contributed by atoms with E-state index < -0.39 is 11.9 Å². The number of hydrogen-bond acceptors (Lipinski definition) is 5. The monoisotopic (exact) mass is 460 g/mol. The Labute approximate surface area is 198 Å². The van der Waals surface area contributed by atoms with Crippen molar-refractivity contribution in [3.05, 3.63) is 54.1 Å². The van der Waals surface area contributed by atoms with E-state index in [1.807, 2.05) is 31.2 Å². The maximum Gasteiger partial charge on any atom is 0.316 e. The third-order valence-corrected chi connectivity index (χ3v) is 7.29. The fourth-order valence-corrected chi connectivity index (χ4v) is 5.37. The molecule has 0 N–H and O–H groups in total. The molecule has 1 saturated carbocycles. The van der Waals surface area contributed by atoms with Crippen LogP contribution in [0, 0.1) is 30.6 Å². The average Bonchev–Trinajstić information content (AvgIpc) is 3.32. The van der Waals surface area contributed by atoms with E-state index in [9.17, 15) is 19.2 Å². The van der Waals surface area contributed by atoms with Gasteiger partial charge in [0.1, 0.15) is 5.75 Å². The van der Waals surface area contributed by atoms with Gasteiger partial charge in [0.05, 0.1) is 23.4 Å². The Morgan fingerprint density at radius 2 is 1.68 bits per heavy atom. The molecule has 0 radical (unpaired) electrons. The molecule has 0 bridgehead atoms. The second-order valence-corrected chi connectivity index (χ2v) is 9.80. The lowest BCUT2D eigenvalue weighted by Gasteiger charge is -2.25. The summed E-state index contributed by atoms with van der Waals surface area (Å²) in [6.45, 7) is 4.34. The zero-order valence-electron chi connectivity index (χ0n) is 19.4. The van der Waals surface area contributed by atoms with Crippen molar-refractivity contribution in [2.24, 2.45) is 23.7 Å². The molecule has 0 unspecified atom stereocenters. The molecule has 7 nitrogen and oxygen atoms in total. The first-order valence-electron chi connectivity index (χ1n) is 11.9. The SMILES string of the molecule is Cc1ccc(N2C[C@H](C(=O)Oc3cccc(N4C(=O)[C@H]5C[C@@H](C)CC[C@H]5C4=O)c3)CC2=O)cc1. The summed E-state index contributed by atoms with van der Waals surface area (Å²) in [4.78, 5) is 54.2. The number of ether oxygens (including phenoxy) is 1. The first-order chi connectivity index (χ1) is 16.3. The van der Waals surface area contributed by atoms with Gasteiger partial charge in [0, 0.05) is 24.7 Å². The van der Waals surface area contributed by atoms with Crippen LogP contribution in [0.4, 0.5) is 11.4 Å². The molecule has 176 valence electrons. The van der Waals surface area contributed by atoms with Crippen LogP contribution in [0.5, 0.6) is 5.75 Å². The van der Waals surface area contributed by atoms with Crippen LogP contribution < -0.4 is 14.5 Å². The van der Waals surface area contributed by atoms with Crippen molar-refractivity contribution in [3.63, 3.8) is 0 Å². The van der Waals surface area contributed by atoms with Gasteiger partial charge in [0.15, 0.2) is 0 Å². The molecule has 0 spiro atoms. The summed E-state index contributed by atoms with van der Waals surface area (Å²) in [5.74, 6) is -1.37. The summed E-state index contributed by atoms with van der Waals surface area (Å²) in [6.07, 6.45) is 2.49. The van der Waals surface area contributed by atoms with Crippen LogP contribution in [0.3, 0.4) is 0 Å². The predicted molar refractivity (Wildman–Crippen MR) is 126 cm³/mol. The number of rotatable bonds is 4. The predicted octanol–water partition coefficient (Wildman–Crippen LogP) is 3.88. The van der Waals surface area contributed by atoms with Crippen molar-refractivity contribution in [1.29, 1.82) is 0 Å². The molecule has 3 fully saturated rings. The van der Waals surface area contributed by atoms with Gasteiger partial charge in [-0.2, -0.15) is 0 Å². The van der Waals surface area contributed by atoms with E-state index in [0.29, 0.717) is 11.6 Å². The van der Waals surface area contributed by atoms with E-state index in [1.165, 1.54) is 4.90 Å². The Morgan fingerprint density at radius 1 is 0.941 bits per heavy atom. The number of carbonyl (C=O) groups is 4. The van der Waals surface area contributed by atoms with Gasteiger partial charge in [-0.3, -0.25) is 19.2 Å². The lowest BCUT2D eigenvalue weighted by molar-refractivity contribution is -0.139. The second kappa shape index (κ2) is 8.70. The Kier molecular flexibility index (Phi) is 5.71. The quantitative estimate of drug-likeness (QED) is 0.393. The van der Waals surface area contributed by atoms with Crippen LogP contribution >= 0.6 is 0 Å². The number of hydrogen-bond donors (Lipinski definition) is 0. The zero-order valence-corrected chi connectivity index (χ0v) is 19.4. The van der Waals surface area contributed by atoms with Gasteiger partial charge in [-0.25, -0.2) is 4.90 Å². The molecule has 3 amide bonds. The minimum absolute atomic E-state index is 0.0804. The molecular weight excluding hydrogens is 432 g/mol. The molecular formula is C27H28N2O5. The Hall–Kier alpha value is -3.48.